The van der Waals surface area contributed by atoms with Crippen LogP contribution in [0.2, 0.25) is 0 Å². The van der Waals surface area contributed by atoms with Crippen molar-refractivity contribution in [3.8, 4) is 0 Å². The van der Waals surface area contributed by atoms with Crippen molar-refractivity contribution in [2.45, 2.75) is 77.7 Å². The van der Waals surface area contributed by atoms with E-state index in [-0.39, 0.29) is 12.7 Å². The van der Waals surface area contributed by atoms with E-state index >= 15 is 0 Å². The Kier molecular flexibility index (Phi) is 20.5. The fourth-order valence-corrected chi connectivity index (χ4v) is 2.28. The van der Waals surface area contributed by atoms with E-state index in [4.69, 9.17) is 9.84 Å². The van der Waals surface area contributed by atoms with E-state index in [2.05, 4.69) is 67.7 Å². The van der Waals surface area contributed by atoms with Gasteiger partial charge in [0.15, 0.2) is 0 Å². The minimum atomic E-state index is 0.0173. The van der Waals surface area contributed by atoms with Gasteiger partial charge < -0.3 is 9.84 Å². The fraction of sp³-hybridized carbons (Fsp3) is 0.583. The summed E-state index contributed by atoms with van der Waals surface area (Å²) in [5.41, 5.74) is 0. The van der Waals surface area contributed by atoms with Crippen LogP contribution in [-0.2, 0) is 4.74 Å². The summed E-state index contributed by atoms with van der Waals surface area (Å²) in [6, 6.07) is 0. The minimum absolute atomic E-state index is 0.0173. The number of aliphatic hydroxyl groups is 1. The summed E-state index contributed by atoms with van der Waals surface area (Å²) >= 11 is 0. The number of rotatable bonds is 17. The van der Waals surface area contributed by atoms with Crippen molar-refractivity contribution in [1.82, 2.24) is 0 Å². The van der Waals surface area contributed by atoms with E-state index in [1.807, 2.05) is 6.92 Å². The van der Waals surface area contributed by atoms with Crippen molar-refractivity contribution >= 4 is 0 Å². The van der Waals surface area contributed by atoms with Gasteiger partial charge in [-0.15, -0.1) is 0 Å². The second-order valence-corrected chi connectivity index (χ2v) is 6.29. The quantitative estimate of drug-likeness (QED) is 0.231. The topological polar surface area (TPSA) is 29.5 Å². The van der Waals surface area contributed by atoms with Crippen molar-refractivity contribution in [2.24, 2.45) is 0 Å². The Hall–Kier alpha value is -1.38. The van der Waals surface area contributed by atoms with Gasteiger partial charge in [-0.1, -0.05) is 74.6 Å². The molecule has 0 bridgehead atoms. The Morgan fingerprint density at radius 2 is 1.19 bits per heavy atom. The van der Waals surface area contributed by atoms with Crippen LogP contribution in [0.5, 0.6) is 0 Å². The molecular formula is C24H40O2. The predicted octanol–water partition coefficient (Wildman–Crippen LogP) is 6.70. The van der Waals surface area contributed by atoms with Crippen molar-refractivity contribution < 1.29 is 9.84 Å². The predicted molar refractivity (Wildman–Crippen MR) is 115 cm³/mol. The first-order valence-electron chi connectivity index (χ1n) is 10.3. The maximum Gasteiger partial charge on any atom is 0.0803 e. The number of unbranched alkanes of at least 4 members (excludes halogenated alkanes) is 2. The first kappa shape index (κ1) is 24.6. The zero-order chi connectivity index (χ0) is 19.1. The van der Waals surface area contributed by atoms with Crippen LogP contribution < -0.4 is 0 Å². The molecule has 0 spiro atoms. The van der Waals surface area contributed by atoms with Gasteiger partial charge in [-0.25, -0.2) is 0 Å². The average molecular weight is 361 g/mol. The summed E-state index contributed by atoms with van der Waals surface area (Å²) in [5.74, 6) is 0. The lowest BCUT2D eigenvalue weighted by Gasteiger charge is -2.12. The Morgan fingerprint density at radius 1 is 0.692 bits per heavy atom. The van der Waals surface area contributed by atoms with Crippen LogP contribution in [-0.4, -0.2) is 24.4 Å². The van der Waals surface area contributed by atoms with E-state index in [0.29, 0.717) is 0 Å². The number of aliphatic hydroxyl groups excluding tert-OH is 1. The highest BCUT2D eigenvalue weighted by Crippen LogP contribution is 2.03. The first-order chi connectivity index (χ1) is 12.8. The molecule has 0 aromatic rings. The van der Waals surface area contributed by atoms with Gasteiger partial charge >= 0.3 is 0 Å². The van der Waals surface area contributed by atoms with Crippen molar-refractivity contribution in [3.63, 3.8) is 0 Å². The molecule has 0 aliphatic heterocycles. The molecule has 0 amide bonds. The number of hydrogen-bond acceptors (Lipinski definition) is 2. The summed E-state index contributed by atoms with van der Waals surface area (Å²) in [6.45, 7) is 5.08. The zero-order valence-corrected chi connectivity index (χ0v) is 17.0. The number of ether oxygens (including phenoxy) is 1. The highest BCUT2D eigenvalue weighted by molar-refractivity contribution is 5.00. The lowest BCUT2D eigenvalue weighted by molar-refractivity contribution is 0.00956. The molecule has 26 heavy (non-hydrogen) atoms. The van der Waals surface area contributed by atoms with Crippen molar-refractivity contribution in [2.75, 3.05) is 13.2 Å². The number of hydrogen-bond donors (Lipinski definition) is 1. The standard InChI is InChI=1S/C24H40O2/c1-3-5-6-7-8-9-10-11-12-13-14-15-16-17-18-19-20-21-22-26-24(4-2)23-25/h5-6,8-9,11-12,14-15,17-18,24-25H,3-4,7,10,13,16,19-23H2,1-2H3/b6-5-,9-8-,12-11-,15-14-,18-17-. The van der Waals surface area contributed by atoms with E-state index in [9.17, 15) is 0 Å². The minimum Gasteiger partial charge on any atom is -0.394 e. The van der Waals surface area contributed by atoms with Crippen LogP contribution >= 0.6 is 0 Å². The molecule has 0 saturated carbocycles. The molecule has 1 unspecified atom stereocenters. The molecule has 148 valence electrons. The second kappa shape index (κ2) is 21.7. The SMILES string of the molecule is CC/C=C\C/C=C\C/C=C\C/C=C\C/C=C\CCCCOC(CC)CO. The van der Waals surface area contributed by atoms with Gasteiger partial charge in [0.2, 0.25) is 0 Å². The molecule has 2 nitrogen and oxygen atoms in total. The third kappa shape index (κ3) is 19.0. The Balaban J connectivity index is 3.45. The van der Waals surface area contributed by atoms with Crippen LogP contribution in [0.1, 0.15) is 71.6 Å². The molecule has 0 saturated heterocycles. The molecule has 0 rings (SSSR count). The first-order valence-corrected chi connectivity index (χ1v) is 10.3. The van der Waals surface area contributed by atoms with Crippen LogP contribution in [0.15, 0.2) is 60.8 Å². The molecule has 0 radical (unpaired) electrons. The molecule has 0 aromatic carbocycles. The molecular weight excluding hydrogens is 320 g/mol. The van der Waals surface area contributed by atoms with E-state index in [1.54, 1.807) is 0 Å². The molecule has 0 fully saturated rings. The van der Waals surface area contributed by atoms with Crippen LogP contribution in [0.25, 0.3) is 0 Å². The zero-order valence-electron chi connectivity index (χ0n) is 17.0. The van der Waals surface area contributed by atoms with Crippen LogP contribution in [0, 0.1) is 0 Å². The third-order valence-corrected chi connectivity index (χ3v) is 3.94. The fourth-order valence-electron chi connectivity index (χ4n) is 2.28. The van der Waals surface area contributed by atoms with E-state index in [0.717, 1.165) is 64.4 Å². The smallest absolute Gasteiger partial charge is 0.0803 e. The average Bonchev–Trinajstić information content (AvgIpc) is 2.66. The Labute approximate surface area is 162 Å². The van der Waals surface area contributed by atoms with Crippen LogP contribution in [0.3, 0.4) is 0 Å². The highest BCUT2D eigenvalue weighted by atomic mass is 16.5. The normalized spacial score (nSPS) is 14.1. The summed E-state index contributed by atoms with van der Waals surface area (Å²) in [5, 5.41) is 9.03. The van der Waals surface area contributed by atoms with Crippen LogP contribution in [0.4, 0.5) is 0 Å². The maximum absolute atomic E-state index is 9.03. The van der Waals surface area contributed by atoms with Gasteiger partial charge in [-0.05, 0) is 57.8 Å². The van der Waals surface area contributed by atoms with Crippen molar-refractivity contribution in [3.05, 3.63) is 60.8 Å². The van der Waals surface area contributed by atoms with Gasteiger partial charge in [-0.3, -0.25) is 0 Å². The van der Waals surface area contributed by atoms with Gasteiger partial charge in [0, 0.05) is 6.61 Å². The Morgan fingerprint density at radius 3 is 1.65 bits per heavy atom. The van der Waals surface area contributed by atoms with E-state index in [1.165, 1.54) is 0 Å². The summed E-state index contributed by atoms with van der Waals surface area (Å²) in [6.07, 6.45) is 31.7. The summed E-state index contributed by atoms with van der Waals surface area (Å²) in [4.78, 5) is 0. The third-order valence-electron chi connectivity index (χ3n) is 3.94. The largest absolute Gasteiger partial charge is 0.394 e. The maximum atomic E-state index is 9.03. The highest BCUT2D eigenvalue weighted by Gasteiger charge is 2.02. The lowest BCUT2D eigenvalue weighted by atomic mass is 10.2. The molecule has 0 aromatic heterocycles. The molecule has 1 atom stereocenters. The number of allylic oxidation sites excluding steroid dienone is 10. The summed E-state index contributed by atoms with van der Waals surface area (Å²) in [7, 11) is 0. The van der Waals surface area contributed by atoms with Gasteiger partial charge in [-0.2, -0.15) is 0 Å². The molecule has 1 N–H and O–H groups in total. The monoisotopic (exact) mass is 360 g/mol. The van der Waals surface area contributed by atoms with Gasteiger partial charge in [0.1, 0.15) is 0 Å². The van der Waals surface area contributed by atoms with Gasteiger partial charge in [0.05, 0.1) is 12.7 Å². The molecule has 0 aliphatic rings. The summed E-state index contributed by atoms with van der Waals surface area (Å²) < 4.78 is 5.57. The molecule has 0 heterocycles. The van der Waals surface area contributed by atoms with Crippen molar-refractivity contribution in [1.29, 1.82) is 0 Å². The Bertz CT molecular complexity index is 412. The molecule has 0 aliphatic carbocycles. The molecule has 2 heteroatoms. The van der Waals surface area contributed by atoms with E-state index < -0.39 is 0 Å². The van der Waals surface area contributed by atoms with Gasteiger partial charge in [0.25, 0.3) is 0 Å². The second-order valence-electron chi connectivity index (χ2n) is 6.29. The lowest BCUT2D eigenvalue weighted by Crippen LogP contribution is -2.16.